The van der Waals surface area contributed by atoms with E-state index in [1.807, 2.05) is 24.3 Å². The normalized spacial score (nSPS) is 10.4. The number of hydrogen-bond acceptors (Lipinski definition) is 1. The van der Waals surface area contributed by atoms with Crippen LogP contribution < -0.4 is 5.73 Å². The summed E-state index contributed by atoms with van der Waals surface area (Å²) in [5, 5.41) is 0. The van der Waals surface area contributed by atoms with E-state index < -0.39 is 0 Å². The molecule has 0 saturated heterocycles. The molecule has 2 aromatic rings. The Morgan fingerprint density at radius 1 is 1.06 bits per heavy atom. The minimum atomic E-state index is -0.215. The summed E-state index contributed by atoms with van der Waals surface area (Å²) in [6, 6.07) is 12.4. The van der Waals surface area contributed by atoms with Gasteiger partial charge in [0.25, 0.3) is 0 Å². The molecule has 1 nitrogen and oxygen atoms in total. The van der Waals surface area contributed by atoms with Gasteiger partial charge in [0, 0.05) is 5.69 Å². The molecule has 0 saturated carbocycles. The highest BCUT2D eigenvalue weighted by atomic mass is 19.1. The maximum atomic E-state index is 13.1. The molecule has 0 spiro atoms. The van der Waals surface area contributed by atoms with Crippen molar-refractivity contribution in [1.82, 2.24) is 0 Å². The molecule has 0 heterocycles. The number of aryl methyl sites for hydroxylation is 1. The van der Waals surface area contributed by atoms with Crippen LogP contribution in [0.25, 0.3) is 11.1 Å². The fraction of sp³-hybridized carbons (Fsp3) is 0.143. The first kappa shape index (κ1) is 10.7. The van der Waals surface area contributed by atoms with E-state index in [0.29, 0.717) is 0 Å². The van der Waals surface area contributed by atoms with Crippen LogP contribution in [-0.2, 0) is 6.42 Å². The van der Waals surface area contributed by atoms with E-state index in [9.17, 15) is 4.39 Å². The van der Waals surface area contributed by atoms with Gasteiger partial charge in [-0.3, -0.25) is 0 Å². The van der Waals surface area contributed by atoms with Crippen LogP contribution in [0.1, 0.15) is 12.5 Å². The summed E-state index contributed by atoms with van der Waals surface area (Å²) in [7, 11) is 0. The molecule has 0 aromatic heterocycles. The SMILES string of the molecule is CCc1cc(-c2cccc(F)c2)ccc1N. The van der Waals surface area contributed by atoms with Crippen LogP contribution in [0, 0.1) is 5.82 Å². The molecule has 2 aromatic carbocycles. The number of anilines is 1. The lowest BCUT2D eigenvalue weighted by atomic mass is 10.0. The monoisotopic (exact) mass is 215 g/mol. The van der Waals surface area contributed by atoms with E-state index in [2.05, 4.69) is 6.92 Å². The van der Waals surface area contributed by atoms with Gasteiger partial charge in [0.15, 0.2) is 0 Å². The topological polar surface area (TPSA) is 26.0 Å². The van der Waals surface area contributed by atoms with Crippen LogP contribution in [0.4, 0.5) is 10.1 Å². The Bertz CT molecular complexity index is 506. The smallest absolute Gasteiger partial charge is 0.123 e. The Hall–Kier alpha value is -1.83. The Labute approximate surface area is 94.7 Å². The number of nitrogens with two attached hydrogens (primary N) is 1. The molecule has 0 bridgehead atoms. The van der Waals surface area contributed by atoms with Gasteiger partial charge >= 0.3 is 0 Å². The van der Waals surface area contributed by atoms with Gasteiger partial charge in [-0.1, -0.05) is 25.1 Å². The fourth-order valence-electron chi connectivity index (χ4n) is 1.76. The summed E-state index contributed by atoms with van der Waals surface area (Å²) in [6.45, 7) is 2.06. The van der Waals surface area contributed by atoms with Crippen molar-refractivity contribution in [1.29, 1.82) is 0 Å². The lowest BCUT2D eigenvalue weighted by Crippen LogP contribution is -1.93. The molecule has 0 fully saturated rings. The summed E-state index contributed by atoms with van der Waals surface area (Å²) < 4.78 is 13.1. The minimum absolute atomic E-state index is 0.215. The zero-order valence-corrected chi connectivity index (χ0v) is 9.20. The van der Waals surface area contributed by atoms with Crippen LogP contribution in [0.2, 0.25) is 0 Å². The molecule has 16 heavy (non-hydrogen) atoms. The van der Waals surface area contributed by atoms with Crippen LogP contribution in [0.5, 0.6) is 0 Å². The minimum Gasteiger partial charge on any atom is -0.399 e. The van der Waals surface area contributed by atoms with Crippen LogP contribution in [-0.4, -0.2) is 0 Å². The number of nitrogen functional groups attached to an aromatic ring is 1. The number of hydrogen-bond donors (Lipinski definition) is 1. The van der Waals surface area contributed by atoms with E-state index in [4.69, 9.17) is 5.73 Å². The van der Waals surface area contributed by atoms with Gasteiger partial charge in [-0.25, -0.2) is 4.39 Å². The molecular weight excluding hydrogens is 201 g/mol. The Morgan fingerprint density at radius 3 is 2.50 bits per heavy atom. The molecule has 2 heteroatoms. The van der Waals surface area contributed by atoms with Gasteiger partial charge in [-0.15, -0.1) is 0 Å². The zero-order valence-electron chi connectivity index (χ0n) is 9.20. The third-order valence-electron chi connectivity index (χ3n) is 2.68. The molecule has 0 amide bonds. The lowest BCUT2D eigenvalue weighted by molar-refractivity contribution is 0.628. The maximum absolute atomic E-state index is 13.1. The third kappa shape index (κ3) is 2.06. The summed E-state index contributed by atoms with van der Waals surface area (Å²) >= 11 is 0. The van der Waals surface area contributed by atoms with Crippen molar-refractivity contribution in [2.24, 2.45) is 0 Å². The quantitative estimate of drug-likeness (QED) is 0.760. The molecule has 2 rings (SSSR count). The standard InChI is InChI=1S/C14H14FN/c1-2-10-8-12(6-7-14(10)16)11-4-3-5-13(15)9-11/h3-9H,2,16H2,1H3. The van der Waals surface area contributed by atoms with Gasteiger partial charge in [0.1, 0.15) is 5.82 Å². The summed E-state index contributed by atoms with van der Waals surface area (Å²) in [4.78, 5) is 0. The highest BCUT2D eigenvalue weighted by Gasteiger charge is 2.02. The predicted octanol–water partition coefficient (Wildman–Crippen LogP) is 3.64. The van der Waals surface area contributed by atoms with Crippen molar-refractivity contribution in [3.8, 4) is 11.1 Å². The summed E-state index contributed by atoms with van der Waals surface area (Å²) in [5.41, 5.74) is 9.62. The third-order valence-corrected chi connectivity index (χ3v) is 2.68. The summed E-state index contributed by atoms with van der Waals surface area (Å²) in [6.07, 6.45) is 0.884. The molecule has 0 radical (unpaired) electrons. The second-order valence-corrected chi connectivity index (χ2v) is 3.78. The number of benzene rings is 2. The molecule has 0 aliphatic rings. The van der Waals surface area contributed by atoms with E-state index in [-0.39, 0.29) is 5.82 Å². The first-order chi connectivity index (χ1) is 7.70. The fourth-order valence-corrected chi connectivity index (χ4v) is 1.76. The van der Waals surface area contributed by atoms with Crippen molar-refractivity contribution >= 4 is 5.69 Å². The maximum Gasteiger partial charge on any atom is 0.123 e. The van der Waals surface area contributed by atoms with E-state index >= 15 is 0 Å². The average Bonchev–Trinajstić information content (AvgIpc) is 2.29. The van der Waals surface area contributed by atoms with Crippen molar-refractivity contribution in [2.75, 3.05) is 5.73 Å². The zero-order chi connectivity index (χ0) is 11.5. The van der Waals surface area contributed by atoms with Crippen molar-refractivity contribution in [2.45, 2.75) is 13.3 Å². The highest BCUT2D eigenvalue weighted by molar-refractivity contribution is 5.67. The summed E-state index contributed by atoms with van der Waals surface area (Å²) in [5.74, 6) is -0.215. The second-order valence-electron chi connectivity index (χ2n) is 3.78. The molecule has 0 unspecified atom stereocenters. The molecule has 0 atom stereocenters. The predicted molar refractivity (Wildman–Crippen MR) is 65.6 cm³/mol. The average molecular weight is 215 g/mol. The molecule has 0 aliphatic carbocycles. The van der Waals surface area contributed by atoms with Crippen molar-refractivity contribution in [3.05, 3.63) is 53.8 Å². The van der Waals surface area contributed by atoms with Gasteiger partial charge in [0.2, 0.25) is 0 Å². The van der Waals surface area contributed by atoms with Crippen molar-refractivity contribution in [3.63, 3.8) is 0 Å². The first-order valence-corrected chi connectivity index (χ1v) is 5.35. The Morgan fingerprint density at radius 2 is 1.81 bits per heavy atom. The van der Waals surface area contributed by atoms with E-state index in [1.165, 1.54) is 12.1 Å². The van der Waals surface area contributed by atoms with Crippen molar-refractivity contribution < 1.29 is 4.39 Å². The van der Waals surface area contributed by atoms with Crippen LogP contribution in [0.3, 0.4) is 0 Å². The van der Waals surface area contributed by atoms with Crippen LogP contribution in [0.15, 0.2) is 42.5 Å². The first-order valence-electron chi connectivity index (χ1n) is 5.35. The molecule has 0 aliphatic heterocycles. The van der Waals surface area contributed by atoms with Gasteiger partial charge < -0.3 is 5.73 Å². The Kier molecular flexibility index (Phi) is 2.91. The van der Waals surface area contributed by atoms with Gasteiger partial charge in [-0.2, -0.15) is 0 Å². The highest BCUT2D eigenvalue weighted by Crippen LogP contribution is 2.24. The van der Waals surface area contributed by atoms with E-state index in [1.54, 1.807) is 6.07 Å². The Balaban J connectivity index is 2.48. The van der Waals surface area contributed by atoms with Gasteiger partial charge in [0.05, 0.1) is 0 Å². The second kappa shape index (κ2) is 4.35. The lowest BCUT2D eigenvalue weighted by Gasteiger charge is -2.07. The molecular formula is C14H14FN. The molecule has 82 valence electrons. The number of rotatable bonds is 2. The number of halogens is 1. The van der Waals surface area contributed by atoms with Gasteiger partial charge in [-0.05, 0) is 47.4 Å². The molecule has 2 N–H and O–H groups in total. The van der Waals surface area contributed by atoms with E-state index in [0.717, 1.165) is 28.8 Å². The largest absolute Gasteiger partial charge is 0.399 e. The van der Waals surface area contributed by atoms with Crippen LogP contribution >= 0.6 is 0 Å².